The molecule has 2 heterocycles. The molecule has 4 aromatic rings. The number of benzene rings is 2. The number of hydrogen-bond acceptors (Lipinski definition) is 4. The van der Waals surface area contributed by atoms with Crippen molar-refractivity contribution in [1.29, 1.82) is 0 Å². The number of hydrogen-bond donors (Lipinski definition) is 1. The van der Waals surface area contributed by atoms with Crippen molar-refractivity contribution in [2.75, 3.05) is 13.7 Å². The highest BCUT2D eigenvalue weighted by Gasteiger charge is 2.35. The van der Waals surface area contributed by atoms with E-state index in [0.29, 0.717) is 46.2 Å². The second-order valence-electron chi connectivity index (χ2n) is 11.9. The molecule has 0 fully saturated rings. The summed E-state index contributed by atoms with van der Waals surface area (Å²) < 4.78 is 7.45. The lowest BCUT2D eigenvalue weighted by Crippen LogP contribution is -2.36. The number of amides is 1. The summed E-state index contributed by atoms with van der Waals surface area (Å²) >= 11 is 14.6. The fourth-order valence-electron chi connectivity index (χ4n) is 5.71. The number of thiophene rings is 1. The summed E-state index contributed by atoms with van der Waals surface area (Å²) in [5.41, 5.74) is 5.35. The maximum absolute atomic E-state index is 13.8. The number of para-hydroxylation sites is 1. The molecule has 0 aliphatic heterocycles. The molecule has 0 spiro atoms. The van der Waals surface area contributed by atoms with Gasteiger partial charge < -0.3 is 10.1 Å². The number of nitrogens with zero attached hydrogens (tertiary/aromatic N) is 2. The SMILES string of the molecule is CCCC(CNC(=O)c1nn(-c2ccc(Cl)cc2Cl)c2c1Cc1cc(-c3ccccc3OC)sc1-2)C(C)C(C)(C)C. The minimum absolute atomic E-state index is 0.146. The van der Waals surface area contributed by atoms with Gasteiger partial charge in [0.25, 0.3) is 5.91 Å². The van der Waals surface area contributed by atoms with E-state index in [9.17, 15) is 4.79 Å². The van der Waals surface area contributed by atoms with E-state index in [1.165, 1.54) is 5.56 Å². The molecule has 2 atom stereocenters. The van der Waals surface area contributed by atoms with E-state index in [-0.39, 0.29) is 11.3 Å². The smallest absolute Gasteiger partial charge is 0.272 e. The first kappa shape index (κ1) is 29.7. The number of halogens is 2. The van der Waals surface area contributed by atoms with E-state index in [1.807, 2.05) is 28.9 Å². The molecule has 1 aliphatic carbocycles. The maximum Gasteiger partial charge on any atom is 0.272 e. The van der Waals surface area contributed by atoms with Gasteiger partial charge >= 0.3 is 0 Å². The number of fused-ring (bicyclic) bond motifs is 3. The first-order valence-electron chi connectivity index (χ1n) is 14.1. The zero-order valence-electron chi connectivity index (χ0n) is 24.5. The van der Waals surface area contributed by atoms with E-state index in [1.54, 1.807) is 30.6 Å². The molecule has 0 saturated carbocycles. The summed E-state index contributed by atoms with van der Waals surface area (Å²) in [5, 5.41) is 9.15. The van der Waals surface area contributed by atoms with E-state index >= 15 is 0 Å². The Bertz CT molecular complexity index is 1580. The molecule has 0 saturated heterocycles. The predicted octanol–water partition coefficient (Wildman–Crippen LogP) is 9.32. The third-order valence-corrected chi connectivity index (χ3v) is 10.1. The maximum atomic E-state index is 13.8. The molecule has 0 radical (unpaired) electrons. The number of carbonyl (C=O) groups is 1. The van der Waals surface area contributed by atoms with Crippen LogP contribution >= 0.6 is 34.5 Å². The monoisotopic (exact) mass is 609 g/mol. The second kappa shape index (κ2) is 11.8. The van der Waals surface area contributed by atoms with Crippen LogP contribution in [0.4, 0.5) is 0 Å². The lowest BCUT2D eigenvalue weighted by molar-refractivity contribution is 0.0916. The van der Waals surface area contributed by atoms with Crippen LogP contribution in [0.15, 0.2) is 48.5 Å². The third kappa shape index (κ3) is 5.79. The zero-order valence-corrected chi connectivity index (χ0v) is 26.8. The third-order valence-electron chi connectivity index (χ3n) is 8.36. The molecule has 2 unspecified atom stereocenters. The number of carbonyl (C=O) groups excluding carboxylic acids is 1. The van der Waals surface area contributed by atoms with Crippen LogP contribution in [-0.4, -0.2) is 29.3 Å². The Morgan fingerprint density at radius 2 is 1.93 bits per heavy atom. The van der Waals surface area contributed by atoms with Crippen molar-refractivity contribution >= 4 is 40.4 Å². The molecule has 5 rings (SSSR count). The van der Waals surface area contributed by atoms with Crippen molar-refractivity contribution in [2.24, 2.45) is 17.3 Å². The number of ether oxygens (including phenoxy) is 1. The fourth-order valence-corrected chi connectivity index (χ4v) is 7.46. The average Bonchev–Trinajstić information content (AvgIpc) is 3.60. The van der Waals surface area contributed by atoms with Crippen molar-refractivity contribution in [3.8, 4) is 32.4 Å². The van der Waals surface area contributed by atoms with Crippen LogP contribution < -0.4 is 10.1 Å². The van der Waals surface area contributed by atoms with Crippen molar-refractivity contribution in [1.82, 2.24) is 15.1 Å². The van der Waals surface area contributed by atoms with Gasteiger partial charge in [-0.15, -0.1) is 11.3 Å². The Hall–Kier alpha value is -2.80. The summed E-state index contributed by atoms with van der Waals surface area (Å²) in [7, 11) is 1.69. The van der Waals surface area contributed by atoms with E-state index in [0.717, 1.165) is 45.2 Å². The number of rotatable bonds is 9. The average molecular weight is 611 g/mol. The highest BCUT2D eigenvalue weighted by Crippen LogP contribution is 2.49. The lowest BCUT2D eigenvalue weighted by Gasteiger charge is -2.34. The van der Waals surface area contributed by atoms with Crippen molar-refractivity contribution in [3.05, 3.63) is 75.4 Å². The van der Waals surface area contributed by atoms with Crippen LogP contribution in [0.25, 0.3) is 26.7 Å². The largest absolute Gasteiger partial charge is 0.496 e. The van der Waals surface area contributed by atoms with E-state index in [4.69, 9.17) is 33.0 Å². The Morgan fingerprint density at radius 3 is 2.61 bits per heavy atom. The molecule has 2 aromatic heterocycles. The molecule has 2 aromatic carbocycles. The molecule has 1 amide bonds. The van der Waals surface area contributed by atoms with Crippen molar-refractivity contribution in [2.45, 2.75) is 53.9 Å². The molecular weight excluding hydrogens is 573 g/mol. The molecular formula is C33H37Cl2N3O2S. The van der Waals surface area contributed by atoms with Gasteiger partial charge in [-0.3, -0.25) is 4.79 Å². The van der Waals surface area contributed by atoms with Crippen LogP contribution in [0.3, 0.4) is 0 Å². The summed E-state index contributed by atoms with van der Waals surface area (Å²) in [6.45, 7) is 11.9. The Morgan fingerprint density at radius 1 is 1.17 bits per heavy atom. The van der Waals surface area contributed by atoms with Crippen LogP contribution in [0, 0.1) is 17.3 Å². The van der Waals surface area contributed by atoms with E-state index in [2.05, 4.69) is 52.1 Å². The minimum atomic E-state index is -0.146. The van der Waals surface area contributed by atoms with Crippen molar-refractivity contribution < 1.29 is 9.53 Å². The van der Waals surface area contributed by atoms with Gasteiger partial charge in [0.05, 0.1) is 28.4 Å². The summed E-state index contributed by atoms with van der Waals surface area (Å²) in [6.07, 6.45) is 2.77. The molecule has 5 nitrogen and oxygen atoms in total. The fraction of sp³-hybridized carbons (Fsp3) is 0.394. The van der Waals surface area contributed by atoms with Crippen LogP contribution in [0.1, 0.15) is 69.1 Å². The number of aromatic nitrogens is 2. The van der Waals surface area contributed by atoms with Crippen LogP contribution in [-0.2, 0) is 6.42 Å². The Balaban J connectivity index is 1.55. The second-order valence-corrected chi connectivity index (χ2v) is 13.8. The summed E-state index contributed by atoms with van der Waals surface area (Å²) in [4.78, 5) is 16.0. The van der Waals surface area contributed by atoms with Gasteiger partial charge in [-0.05, 0) is 65.6 Å². The molecule has 0 bridgehead atoms. The molecule has 41 heavy (non-hydrogen) atoms. The van der Waals surface area contributed by atoms with Gasteiger partial charge in [0.1, 0.15) is 5.75 Å². The van der Waals surface area contributed by atoms with Crippen molar-refractivity contribution in [3.63, 3.8) is 0 Å². The van der Waals surface area contributed by atoms with Crippen LogP contribution in [0.2, 0.25) is 10.0 Å². The molecule has 1 N–H and O–H groups in total. The first-order chi connectivity index (χ1) is 19.5. The van der Waals surface area contributed by atoms with Gasteiger partial charge in [-0.25, -0.2) is 4.68 Å². The van der Waals surface area contributed by atoms with Gasteiger partial charge in [0, 0.05) is 34.0 Å². The first-order valence-corrected chi connectivity index (χ1v) is 15.7. The van der Waals surface area contributed by atoms with Gasteiger partial charge in [-0.1, -0.05) is 76.4 Å². The molecule has 8 heteroatoms. The normalized spacial score (nSPS) is 14.0. The zero-order chi connectivity index (χ0) is 29.5. The summed E-state index contributed by atoms with van der Waals surface area (Å²) in [5.74, 6) is 1.52. The minimum Gasteiger partial charge on any atom is -0.496 e. The van der Waals surface area contributed by atoms with E-state index < -0.39 is 0 Å². The van der Waals surface area contributed by atoms with Gasteiger partial charge in [-0.2, -0.15) is 5.10 Å². The predicted molar refractivity (Wildman–Crippen MR) is 171 cm³/mol. The van der Waals surface area contributed by atoms with Crippen LogP contribution in [0.5, 0.6) is 5.75 Å². The standard InChI is InChI=1S/C33H37Cl2N3O2S/c1-7-10-20(19(2)33(3,4)5)18-36-32(39)29-24-15-21-16-28(23-11-8-9-12-27(23)40-6)41-31(21)30(24)38(37-29)26-14-13-22(34)17-25(26)35/h8-9,11-14,16-17,19-20H,7,10,15,18H2,1-6H3,(H,36,39). The quantitative estimate of drug-likeness (QED) is 0.181. The highest BCUT2D eigenvalue weighted by atomic mass is 35.5. The topological polar surface area (TPSA) is 56.2 Å². The molecule has 216 valence electrons. The molecule has 1 aliphatic rings. The number of methoxy groups -OCH3 is 1. The number of nitrogens with one attached hydrogen (secondary N) is 1. The summed E-state index contributed by atoms with van der Waals surface area (Å²) in [6, 6.07) is 15.6. The lowest BCUT2D eigenvalue weighted by atomic mass is 9.73. The highest BCUT2D eigenvalue weighted by molar-refractivity contribution is 7.19. The Kier molecular flexibility index (Phi) is 8.56. The van der Waals surface area contributed by atoms with Gasteiger partial charge in [0.15, 0.2) is 5.69 Å². The Labute approximate surface area is 256 Å². The van der Waals surface area contributed by atoms with Gasteiger partial charge in [0.2, 0.25) is 0 Å².